The summed E-state index contributed by atoms with van der Waals surface area (Å²) in [6.07, 6.45) is 5.95. The lowest BCUT2D eigenvalue weighted by molar-refractivity contribution is -0.127. The van der Waals surface area contributed by atoms with Crippen LogP contribution in [0.25, 0.3) is 0 Å². The first-order valence-electron chi connectivity index (χ1n) is 5.35. The van der Waals surface area contributed by atoms with Crippen molar-refractivity contribution < 1.29 is 4.79 Å². The van der Waals surface area contributed by atoms with Crippen LogP contribution in [0.1, 0.15) is 46.0 Å². The fourth-order valence-corrected chi connectivity index (χ4v) is 1.68. The van der Waals surface area contributed by atoms with E-state index in [4.69, 9.17) is 5.84 Å². The largest absolute Gasteiger partial charge is 0.352 e. The van der Waals surface area contributed by atoms with Crippen LogP contribution in [0.3, 0.4) is 0 Å². The van der Waals surface area contributed by atoms with E-state index in [0.29, 0.717) is 6.04 Å². The number of rotatable bonds is 3. The van der Waals surface area contributed by atoms with Gasteiger partial charge in [0.05, 0.1) is 0 Å². The van der Waals surface area contributed by atoms with Crippen LogP contribution in [0.5, 0.6) is 0 Å². The molecule has 1 rings (SSSR count). The summed E-state index contributed by atoms with van der Waals surface area (Å²) < 4.78 is 0. The lowest BCUT2D eigenvalue weighted by Gasteiger charge is -2.28. The Morgan fingerprint density at radius 1 is 1.29 bits per heavy atom. The highest BCUT2D eigenvalue weighted by atomic mass is 16.2. The fourth-order valence-electron chi connectivity index (χ4n) is 1.68. The summed E-state index contributed by atoms with van der Waals surface area (Å²) in [5.74, 6) is 5.29. The average molecular weight is 199 g/mol. The van der Waals surface area contributed by atoms with E-state index in [1.165, 1.54) is 19.3 Å². The Bertz CT molecular complexity index is 198. The Kier molecular flexibility index (Phi) is 3.89. The summed E-state index contributed by atoms with van der Waals surface area (Å²) >= 11 is 0. The Morgan fingerprint density at radius 2 is 1.86 bits per heavy atom. The van der Waals surface area contributed by atoms with Gasteiger partial charge < -0.3 is 5.32 Å². The van der Waals surface area contributed by atoms with Crippen LogP contribution in [0.2, 0.25) is 0 Å². The molecule has 0 unspecified atom stereocenters. The standard InChI is InChI=1S/C10H21N3O/c1-10(2,13-11)9(14)12-8-6-4-3-5-7-8/h8,13H,3-7,11H2,1-2H3,(H,12,14). The fraction of sp³-hybridized carbons (Fsp3) is 0.900. The zero-order valence-corrected chi connectivity index (χ0v) is 9.10. The molecule has 0 radical (unpaired) electrons. The average Bonchev–Trinajstić information content (AvgIpc) is 2.19. The van der Waals surface area contributed by atoms with E-state index in [2.05, 4.69) is 10.7 Å². The van der Waals surface area contributed by atoms with E-state index in [1.54, 1.807) is 13.8 Å². The first-order valence-corrected chi connectivity index (χ1v) is 5.35. The van der Waals surface area contributed by atoms with Crippen molar-refractivity contribution in [3.8, 4) is 0 Å². The molecule has 0 atom stereocenters. The van der Waals surface area contributed by atoms with Gasteiger partial charge in [0.25, 0.3) is 0 Å². The van der Waals surface area contributed by atoms with Crippen LogP contribution in [0.4, 0.5) is 0 Å². The number of carbonyl (C=O) groups excluding carboxylic acids is 1. The quantitative estimate of drug-likeness (QED) is 0.462. The highest BCUT2D eigenvalue weighted by Crippen LogP contribution is 2.18. The third kappa shape index (κ3) is 2.96. The SMILES string of the molecule is CC(C)(NN)C(=O)NC1CCCCC1. The van der Waals surface area contributed by atoms with E-state index in [9.17, 15) is 4.79 Å². The van der Waals surface area contributed by atoms with E-state index in [0.717, 1.165) is 12.8 Å². The molecule has 4 N–H and O–H groups in total. The Morgan fingerprint density at radius 3 is 2.36 bits per heavy atom. The summed E-state index contributed by atoms with van der Waals surface area (Å²) in [7, 11) is 0. The molecule has 1 amide bonds. The van der Waals surface area contributed by atoms with Gasteiger partial charge in [-0.05, 0) is 26.7 Å². The summed E-state index contributed by atoms with van der Waals surface area (Å²) in [6.45, 7) is 3.57. The molecule has 4 heteroatoms. The summed E-state index contributed by atoms with van der Waals surface area (Å²) in [5, 5.41) is 3.03. The number of hydrazine groups is 1. The van der Waals surface area contributed by atoms with Crippen LogP contribution in [-0.2, 0) is 4.79 Å². The van der Waals surface area contributed by atoms with Crippen molar-refractivity contribution in [1.82, 2.24) is 10.7 Å². The van der Waals surface area contributed by atoms with Gasteiger partial charge in [-0.3, -0.25) is 10.6 Å². The molecule has 0 saturated heterocycles. The third-order valence-electron chi connectivity index (χ3n) is 2.87. The predicted octanol–water partition coefficient (Wildman–Crippen LogP) is 0.677. The third-order valence-corrected chi connectivity index (χ3v) is 2.87. The monoisotopic (exact) mass is 199 g/mol. The topological polar surface area (TPSA) is 67.1 Å². The smallest absolute Gasteiger partial charge is 0.241 e. The molecule has 1 aliphatic rings. The summed E-state index contributed by atoms with van der Waals surface area (Å²) in [5.41, 5.74) is 1.85. The molecule has 1 fully saturated rings. The van der Waals surface area contributed by atoms with Crippen molar-refractivity contribution in [1.29, 1.82) is 0 Å². The lowest BCUT2D eigenvalue weighted by Crippen LogP contribution is -2.57. The van der Waals surface area contributed by atoms with Crippen molar-refractivity contribution in [2.75, 3.05) is 0 Å². The van der Waals surface area contributed by atoms with Gasteiger partial charge in [-0.1, -0.05) is 19.3 Å². The molecule has 0 aromatic heterocycles. The second-order valence-corrected chi connectivity index (χ2v) is 4.58. The normalized spacial score (nSPS) is 19.4. The zero-order valence-electron chi connectivity index (χ0n) is 9.10. The van der Waals surface area contributed by atoms with Crippen molar-refractivity contribution >= 4 is 5.91 Å². The van der Waals surface area contributed by atoms with Crippen LogP contribution in [0.15, 0.2) is 0 Å². The van der Waals surface area contributed by atoms with Crippen molar-refractivity contribution in [3.63, 3.8) is 0 Å². The minimum absolute atomic E-state index is 0.00750. The number of hydrogen-bond acceptors (Lipinski definition) is 3. The maximum atomic E-state index is 11.7. The van der Waals surface area contributed by atoms with Crippen molar-refractivity contribution in [3.05, 3.63) is 0 Å². The molecule has 1 aliphatic carbocycles. The van der Waals surface area contributed by atoms with Crippen molar-refractivity contribution in [2.45, 2.75) is 57.5 Å². The number of amides is 1. The van der Waals surface area contributed by atoms with E-state index in [-0.39, 0.29) is 5.91 Å². The van der Waals surface area contributed by atoms with Crippen LogP contribution >= 0.6 is 0 Å². The minimum atomic E-state index is -0.669. The van der Waals surface area contributed by atoms with Crippen LogP contribution in [-0.4, -0.2) is 17.5 Å². The molecular formula is C10H21N3O. The molecule has 0 bridgehead atoms. The molecule has 82 valence electrons. The Balaban J connectivity index is 2.39. The molecule has 1 saturated carbocycles. The first kappa shape index (κ1) is 11.5. The molecular weight excluding hydrogens is 178 g/mol. The van der Waals surface area contributed by atoms with Crippen molar-refractivity contribution in [2.24, 2.45) is 5.84 Å². The zero-order chi connectivity index (χ0) is 10.6. The molecule has 0 aromatic rings. The van der Waals surface area contributed by atoms with Crippen LogP contribution < -0.4 is 16.6 Å². The number of nitrogens with two attached hydrogens (primary N) is 1. The van der Waals surface area contributed by atoms with E-state index in [1.807, 2.05) is 0 Å². The van der Waals surface area contributed by atoms with Gasteiger partial charge in [0.15, 0.2) is 0 Å². The minimum Gasteiger partial charge on any atom is -0.352 e. The summed E-state index contributed by atoms with van der Waals surface area (Å²) in [4.78, 5) is 11.7. The van der Waals surface area contributed by atoms with Gasteiger partial charge >= 0.3 is 0 Å². The van der Waals surface area contributed by atoms with E-state index < -0.39 is 5.54 Å². The van der Waals surface area contributed by atoms with Gasteiger partial charge in [0, 0.05) is 6.04 Å². The Hall–Kier alpha value is -0.610. The molecule has 0 heterocycles. The van der Waals surface area contributed by atoms with Gasteiger partial charge in [0.2, 0.25) is 5.91 Å². The molecule has 0 spiro atoms. The molecule has 0 aromatic carbocycles. The lowest BCUT2D eigenvalue weighted by atomic mass is 9.94. The molecule has 0 aliphatic heterocycles. The first-order chi connectivity index (χ1) is 6.56. The van der Waals surface area contributed by atoms with Crippen LogP contribution in [0, 0.1) is 0 Å². The maximum absolute atomic E-state index is 11.7. The molecule has 14 heavy (non-hydrogen) atoms. The number of nitrogens with one attached hydrogen (secondary N) is 2. The molecule has 4 nitrogen and oxygen atoms in total. The van der Waals surface area contributed by atoms with Gasteiger partial charge in [-0.15, -0.1) is 0 Å². The second kappa shape index (κ2) is 4.75. The number of hydrogen-bond donors (Lipinski definition) is 3. The second-order valence-electron chi connectivity index (χ2n) is 4.58. The highest BCUT2D eigenvalue weighted by Gasteiger charge is 2.28. The van der Waals surface area contributed by atoms with Gasteiger partial charge in [0.1, 0.15) is 5.54 Å². The highest BCUT2D eigenvalue weighted by molar-refractivity contribution is 5.85. The van der Waals surface area contributed by atoms with E-state index >= 15 is 0 Å². The Labute approximate surface area is 85.6 Å². The maximum Gasteiger partial charge on any atom is 0.241 e. The van der Waals surface area contributed by atoms with Gasteiger partial charge in [-0.25, -0.2) is 5.43 Å². The summed E-state index contributed by atoms with van der Waals surface area (Å²) in [6, 6.07) is 0.351. The predicted molar refractivity (Wildman–Crippen MR) is 56.4 cm³/mol. The number of carbonyl (C=O) groups is 1. The van der Waals surface area contributed by atoms with Gasteiger partial charge in [-0.2, -0.15) is 0 Å².